The third-order valence-corrected chi connectivity index (χ3v) is 6.97. The lowest BCUT2D eigenvalue weighted by atomic mass is 9.84. The van der Waals surface area contributed by atoms with Gasteiger partial charge < -0.3 is 19.7 Å². The van der Waals surface area contributed by atoms with Crippen LogP contribution in [0, 0.1) is 0 Å². The second-order valence-corrected chi connectivity index (χ2v) is 12.3. The second-order valence-electron chi connectivity index (χ2n) is 12.3. The van der Waals surface area contributed by atoms with Gasteiger partial charge in [-0.25, -0.2) is 9.59 Å². The van der Waals surface area contributed by atoms with E-state index in [2.05, 4.69) is 0 Å². The van der Waals surface area contributed by atoms with Crippen molar-refractivity contribution in [2.75, 3.05) is 0 Å². The predicted octanol–water partition coefficient (Wildman–Crippen LogP) is 4.43. The van der Waals surface area contributed by atoms with Gasteiger partial charge >= 0.3 is 12.2 Å². The van der Waals surface area contributed by atoms with E-state index in [1.807, 2.05) is 48.5 Å². The molecule has 8 nitrogen and oxygen atoms in total. The molecule has 2 unspecified atom stereocenters. The summed E-state index contributed by atoms with van der Waals surface area (Å²) in [6, 6.07) is 14.0. The minimum atomic E-state index is -1.34. The Morgan fingerprint density at radius 2 is 1.00 bits per heavy atom. The monoisotopic (exact) mass is 524 g/mol. The SMILES string of the molecule is CC(C)(C)OC(=O)N1Cc2ccccc2CC1[C@@H](O)[C@H](O)C1Cc2ccccc2CN1C(=O)OC(C)(C)C. The minimum absolute atomic E-state index is 0.253. The molecule has 0 saturated carbocycles. The van der Waals surface area contributed by atoms with Crippen molar-refractivity contribution < 1.29 is 29.3 Å². The Labute approximate surface area is 225 Å². The van der Waals surface area contributed by atoms with Crippen LogP contribution in [0.3, 0.4) is 0 Å². The number of ether oxygens (including phenoxy) is 2. The molecule has 0 aliphatic carbocycles. The highest BCUT2D eigenvalue weighted by atomic mass is 16.6. The zero-order valence-electron chi connectivity index (χ0n) is 23.2. The number of nitrogens with zero attached hydrogens (tertiary/aromatic N) is 2. The average molecular weight is 525 g/mol. The molecule has 0 fully saturated rings. The Bertz CT molecular complexity index is 1080. The molecular weight excluding hydrogens is 484 g/mol. The standard InChI is InChI=1S/C30H40N2O6/c1-29(2,3)37-27(35)31-17-21-13-9-7-11-19(21)15-23(31)25(33)26(34)24-16-20-12-8-10-14-22(20)18-32(24)28(36)38-30(4,5)6/h7-14,23-26,33-34H,15-18H2,1-6H3/t23?,24?,25-,26-/m1/s1. The molecule has 2 aliphatic heterocycles. The van der Waals surface area contributed by atoms with Crippen molar-refractivity contribution in [2.24, 2.45) is 0 Å². The van der Waals surface area contributed by atoms with Crippen molar-refractivity contribution in [1.29, 1.82) is 0 Å². The van der Waals surface area contributed by atoms with Gasteiger partial charge in [-0.1, -0.05) is 48.5 Å². The molecule has 0 saturated heterocycles. The van der Waals surface area contributed by atoms with Gasteiger partial charge in [0.05, 0.1) is 12.1 Å². The Hall–Kier alpha value is -3.10. The van der Waals surface area contributed by atoms with Gasteiger partial charge in [-0.3, -0.25) is 9.80 Å². The first-order valence-corrected chi connectivity index (χ1v) is 13.2. The molecule has 2 amide bonds. The summed E-state index contributed by atoms with van der Waals surface area (Å²) in [6.07, 6.45) is -3.08. The molecule has 4 rings (SSSR count). The molecule has 2 N–H and O–H groups in total. The number of hydrogen-bond donors (Lipinski definition) is 2. The van der Waals surface area contributed by atoms with Crippen molar-refractivity contribution >= 4 is 12.2 Å². The molecule has 4 atom stereocenters. The molecule has 206 valence electrons. The van der Waals surface area contributed by atoms with E-state index >= 15 is 0 Å². The third kappa shape index (κ3) is 6.30. The summed E-state index contributed by atoms with van der Waals surface area (Å²) in [5.74, 6) is 0. The summed E-state index contributed by atoms with van der Waals surface area (Å²) < 4.78 is 11.3. The Kier molecular flexibility index (Phi) is 7.77. The van der Waals surface area contributed by atoms with Crippen LogP contribution < -0.4 is 0 Å². The van der Waals surface area contributed by atoms with Crippen LogP contribution >= 0.6 is 0 Å². The van der Waals surface area contributed by atoms with E-state index in [0.29, 0.717) is 12.8 Å². The van der Waals surface area contributed by atoms with Crippen LogP contribution in [0.25, 0.3) is 0 Å². The van der Waals surface area contributed by atoms with Gasteiger partial charge in [0, 0.05) is 13.1 Å². The highest BCUT2D eigenvalue weighted by molar-refractivity contribution is 5.70. The van der Waals surface area contributed by atoms with Gasteiger partial charge in [0.2, 0.25) is 0 Å². The van der Waals surface area contributed by atoms with E-state index in [0.717, 1.165) is 22.3 Å². The summed E-state index contributed by atoms with van der Waals surface area (Å²) in [4.78, 5) is 29.5. The van der Waals surface area contributed by atoms with Crippen molar-refractivity contribution in [3.63, 3.8) is 0 Å². The summed E-state index contributed by atoms with van der Waals surface area (Å²) in [6.45, 7) is 11.3. The van der Waals surface area contributed by atoms with Gasteiger partial charge in [-0.15, -0.1) is 0 Å². The highest BCUT2D eigenvalue weighted by Crippen LogP contribution is 2.32. The second kappa shape index (κ2) is 10.6. The van der Waals surface area contributed by atoms with Crippen molar-refractivity contribution in [3.8, 4) is 0 Å². The highest BCUT2D eigenvalue weighted by Gasteiger charge is 2.45. The number of aliphatic hydroxyl groups excluding tert-OH is 2. The fraction of sp³-hybridized carbons (Fsp3) is 0.533. The van der Waals surface area contributed by atoms with Crippen LogP contribution in [0.1, 0.15) is 63.8 Å². The maximum Gasteiger partial charge on any atom is 0.410 e. The van der Waals surface area contributed by atoms with Crippen LogP contribution in [0.4, 0.5) is 9.59 Å². The third-order valence-electron chi connectivity index (χ3n) is 6.97. The lowest BCUT2D eigenvalue weighted by molar-refractivity contribution is -0.0857. The Morgan fingerprint density at radius 3 is 1.32 bits per heavy atom. The first kappa shape index (κ1) is 27.9. The lowest BCUT2D eigenvalue weighted by Crippen LogP contribution is -2.61. The molecule has 2 aliphatic rings. The van der Waals surface area contributed by atoms with Crippen LogP contribution in [0.15, 0.2) is 48.5 Å². The molecule has 2 aromatic carbocycles. The molecule has 0 radical (unpaired) electrons. The normalized spacial score (nSPS) is 21.2. The fourth-order valence-electron chi connectivity index (χ4n) is 5.20. The fourth-order valence-corrected chi connectivity index (χ4v) is 5.20. The van der Waals surface area contributed by atoms with Crippen molar-refractivity contribution in [2.45, 2.75) is 103 Å². The van der Waals surface area contributed by atoms with E-state index in [9.17, 15) is 19.8 Å². The van der Waals surface area contributed by atoms with Gasteiger partial charge in [0.15, 0.2) is 0 Å². The molecule has 2 heterocycles. The van der Waals surface area contributed by atoms with Crippen LogP contribution in [0.2, 0.25) is 0 Å². The molecule has 0 bridgehead atoms. The van der Waals surface area contributed by atoms with Gasteiger partial charge in [-0.2, -0.15) is 0 Å². The average Bonchev–Trinajstić information content (AvgIpc) is 2.84. The number of rotatable bonds is 3. The maximum atomic E-state index is 13.3. The van der Waals surface area contributed by atoms with Gasteiger partial charge in [0.1, 0.15) is 23.4 Å². The molecule has 0 spiro atoms. The van der Waals surface area contributed by atoms with E-state index in [1.54, 1.807) is 41.5 Å². The zero-order chi connectivity index (χ0) is 27.8. The molecule has 38 heavy (non-hydrogen) atoms. The molecule has 2 aromatic rings. The van der Waals surface area contributed by atoms with E-state index in [-0.39, 0.29) is 13.1 Å². The maximum absolute atomic E-state index is 13.3. The smallest absolute Gasteiger partial charge is 0.410 e. The Morgan fingerprint density at radius 1 is 0.684 bits per heavy atom. The number of hydrogen-bond acceptors (Lipinski definition) is 6. The van der Waals surface area contributed by atoms with E-state index in [1.165, 1.54) is 9.80 Å². The van der Waals surface area contributed by atoms with Crippen molar-refractivity contribution in [1.82, 2.24) is 9.80 Å². The van der Waals surface area contributed by atoms with Gasteiger partial charge in [-0.05, 0) is 76.6 Å². The number of fused-ring (bicyclic) bond motifs is 2. The molecular formula is C30H40N2O6. The van der Waals surface area contributed by atoms with Crippen LogP contribution in [-0.2, 0) is 35.4 Å². The summed E-state index contributed by atoms with van der Waals surface area (Å²) in [5, 5.41) is 23.3. The van der Waals surface area contributed by atoms with Gasteiger partial charge in [0.25, 0.3) is 0 Å². The first-order valence-electron chi connectivity index (χ1n) is 13.2. The first-order chi connectivity index (χ1) is 17.7. The molecule has 8 heteroatoms. The van der Waals surface area contributed by atoms with E-state index < -0.39 is 47.7 Å². The summed E-state index contributed by atoms with van der Waals surface area (Å²) in [5.41, 5.74) is 2.51. The van der Waals surface area contributed by atoms with Crippen molar-refractivity contribution in [3.05, 3.63) is 70.8 Å². The largest absolute Gasteiger partial charge is 0.444 e. The number of benzene rings is 2. The van der Waals surface area contributed by atoms with E-state index in [4.69, 9.17) is 9.47 Å². The molecule has 0 aromatic heterocycles. The number of amides is 2. The number of aliphatic hydroxyl groups is 2. The van der Waals surface area contributed by atoms with Crippen LogP contribution in [0.5, 0.6) is 0 Å². The minimum Gasteiger partial charge on any atom is -0.444 e. The predicted molar refractivity (Wildman–Crippen MR) is 143 cm³/mol. The quantitative estimate of drug-likeness (QED) is 0.616. The number of carbonyl (C=O) groups is 2. The summed E-state index contributed by atoms with van der Waals surface area (Å²) >= 11 is 0. The number of carbonyl (C=O) groups excluding carboxylic acids is 2. The van der Waals surface area contributed by atoms with Crippen LogP contribution in [-0.4, -0.2) is 67.7 Å². The summed E-state index contributed by atoms with van der Waals surface area (Å²) in [7, 11) is 0. The zero-order valence-corrected chi connectivity index (χ0v) is 23.2. The topological polar surface area (TPSA) is 99.5 Å². The Balaban J connectivity index is 1.65. The lowest BCUT2D eigenvalue weighted by Gasteiger charge is -2.45.